The lowest BCUT2D eigenvalue weighted by molar-refractivity contribution is 0.0314. The topological polar surface area (TPSA) is 75.6 Å². The summed E-state index contributed by atoms with van der Waals surface area (Å²) in [7, 11) is -3.66. The molecule has 1 atom stereocenters. The van der Waals surface area contributed by atoms with Gasteiger partial charge in [0.1, 0.15) is 5.60 Å². The van der Waals surface area contributed by atoms with Crippen LogP contribution in [-0.4, -0.2) is 38.9 Å². The molecule has 1 aromatic rings. The molecule has 0 amide bonds. The third-order valence-corrected chi connectivity index (χ3v) is 5.91. The summed E-state index contributed by atoms with van der Waals surface area (Å²) >= 11 is 0. The molecule has 0 radical (unpaired) electrons. The van der Waals surface area contributed by atoms with Crippen molar-refractivity contribution in [2.45, 2.75) is 44.6 Å². The maximum atomic E-state index is 12.6. The van der Waals surface area contributed by atoms with Gasteiger partial charge in [0.2, 0.25) is 10.0 Å². The van der Waals surface area contributed by atoms with Crippen molar-refractivity contribution in [1.29, 1.82) is 0 Å². The Morgan fingerprint density at radius 3 is 2.29 bits per heavy atom. The van der Waals surface area contributed by atoms with Gasteiger partial charge < -0.3 is 9.84 Å². The van der Waals surface area contributed by atoms with Crippen LogP contribution < -0.4 is 4.72 Å². The Hall–Kier alpha value is -0.950. The number of aryl methyl sites for hydroxylation is 2. The number of sulfonamides is 1. The molecule has 1 aliphatic heterocycles. The van der Waals surface area contributed by atoms with Crippen LogP contribution in [0, 0.1) is 27.7 Å². The van der Waals surface area contributed by atoms with Gasteiger partial charge in [0.15, 0.2) is 0 Å². The molecule has 6 heteroatoms. The van der Waals surface area contributed by atoms with Crippen molar-refractivity contribution in [1.82, 2.24) is 4.72 Å². The summed E-state index contributed by atoms with van der Waals surface area (Å²) in [5.41, 5.74) is 2.29. The van der Waals surface area contributed by atoms with Crippen LogP contribution >= 0.6 is 0 Å². The van der Waals surface area contributed by atoms with Crippen molar-refractivity contribution in [3.8, 4) is 0 Å². The Morgan fingerprint density at radius 1 is 1.24 bits per heavy atom. The average molecular weight is 313 g/mol. The Kier molecular flexibility index (Phi) is 4.44. The molecule has 1 aromatic carbocycles. The first-order chi connectivity index (χ1) is 9.66. The minimum Gasteiger partial charge on any atom is -0.386 e. The Balaban J connectivity index is 2.32. The maximum absolute atomic E-state index is 12.6. The molecule has 0 saturated carbocycles. The minimum atomic E-state index is -3.66. The molecule has 1 aliphatic rings. The predicted octanol–water partition coefficient (Wildman–Crippen LogP) is 1.35. The fraction of sp³-hybridized carbons (Fsp3) is 0.600. The lowest BCUT2D eigenvalue weighted by atomic mass is 10.0. The number of ether oxygens (including phenoxy) is 1. The van der Waals surface area contributed by atoms with E-state index in [4.69, 9.17) is 4.74 Å². The number of benzene rings is 1. The highest BCUT2D eigenvalue weighted by Gasteiger charge is 2.34. The first-order valence-electron chi connectivity index (χ1n) is 7.03. The van der Waals surface area contributed by atoms with Gasteiger partial charge in [0.25, 0.3) is 0 Å². The van der Waals surface area contributed by atoms with Crippen LogP contribution in [0.25, 0.3) is 0 Å². The van der Waals surface area contributed by atoms with Crippen LogP contribution in [0.2, 0.25) is 0 Å². The Morgan fingerprint density at radius 2 is 1.81 bits per heavy atom. The fourth-order valence-electron chi connectivity index (χ4n) is 2.62. The highest BCUT2D eigenvalue weighted by molar-refractivity contribution is 7.89. The predicted molar refractivity (Wildman–Crippen MR) is 81.0 cm³/mol. The summed E-state index contributed by atoms with van der Waals surface area (Å²) in [6.45, 7) is 8.02. The number of nitrogens with one attached hydrogen (secondary N) is 1. The SMILES string of the molecule is Cc1cc(C)c(C)c(S(=O)(=O)NCC2(O)CCOC2)c1C. The molecule has 0 spiro atoms. The van der Waals surface area contributed by atoms with Gasteiger partial charge in [-0.3, -0.25) is 0 Å². The number of hydrogen-bond acceptors (Lipinski definition) is 4. The van der Waals surface area contributed by atoms with Gasteiger partial charge in [-0.25, -0.2) is 13.1 Å². The van der Waals surface area contributed by atoms with Crippen molar-refractivity contribution >= 4 is 10.0 Å². The molecular weight excluding hydrogens is 290 g/mol. The van der Waals surface area contributed by atoms with Crippen LogP contribution in [0.1, 0.15) is 28.7 Å². The van der Waals surface area contributed by atoms with Gasteiger partial charge >= 0.3 is 0 Å². The normalized spacial score (nSPS) is 22.7. The minimum absolute atomic E-state index is 0.0266. The van der Waals surface area contributed by atoms with E-state index in [-0.39, 0.29) is 13.2 Å². The second-order valence-corrected chi connectivity index (χ2v) is 7.64. The standard InChI is InChI=1S/C15H23NO4S/c1-10-7-11(2)13(4)14(12(10)3)21(18,19)16-8-15(17)5-6-20-9-15/h7,16-17H,5-6,8-9H2,1-4H3. The lowest BCUT2D eigenvalue weighted by Crippen LogP contribution is -2.43. The summed E-state index contributed by atoms with van der Waals surface area (Å²) in [5, 5.41) is 10.2. The van der Waals surface area contributed by atoms with Crippen molar-refractivity contribution in [3.05, 3.63) is 28.3 Å². The zero-order chi connectivity index (χ0) is 15.8. The average Bonchev–Trinajstić information content (AvgIpc) is 2.82. The molecule has 1 unspecified atom stereocenters. The summed E-state index contributed by atoms with van der Waals surface area (Å²) in [4.78, 5) is 0.322. The lowest BCUT2D eigenvalue weighted by Gasteiger charge is -2.22. The molecule has 118 valence electrons. The molecule has 1 fully saturated rings. The molecule has 0 bridgehead atoms. The molecule has 2 rings (SSSR count). The van der Waals surface area contributed by atoms with Gasteiger partial charge in [-0.05, 0) is 49.9 Å². The molecule has 21 heavy (non-hydrogen) atoms. The van der Waals surface area contributed by atoms with Crippen LogP contribution in [-0.2, 0) is 14.8 Å². The van der Waals surface area contributed by atoms with E-state index in [0.29, 0.717) is 17.9 Å². The fourth-order valence-corrected chi connectivity index (χ4v) is 4.35. The van der Waals surface area contributed by atoms with Crippen LogP contribution in [0.4, 0.5) is 0 Å². The van der Waals surface area contributed by atoms with E-state index in [1.54, 1.807) is 0 Å². The number of aliphatic hydroxyl groups is 1. The quantitative estimate of drug-likeness (QED) is 0.880. The third-order valence-electron chi connectivity index (χ3n) is 4.24. The molecular formula is C15H23NO4S. The third kappa shape index (κ3) is 3.29. The van der Waals surface area contributed by atoms with Crippen LogP contribution in [0.5, 0.6) is 0 Å². The van der Waals surface area contributed by atoms with Gasteiger partial charge in [0, 0.05) is 19.6 Å². The van der Waals surface area contributed by atoms with Crippen molar-refractivity contribution < 1.29 is 18.3 Å². The zero-order valence-corrected chi connectivity index (χ0v) is 13.8. The zero-order valence-electron chi connectivity index (χ0n) is 13.0. The first kappa shape index (κ1) is 16.4. The van der Waals surface area contributed by atoms with Gasteiger partial charge in [0.05, 0.1) is 11.5 Å². The van der Waals surface area contributed by atoms with E-state index in [0.717, 1.165) is 22.3 Å². The first-order valence-corrected chi connectivity index (χ1v) is 8.52. The summed E-state index contributed by atoms with van der Waals surface area (Å²) < 4.78 is 32.9. The number of rotatable bonds is 4. The second kappa shape index (κ2) is 5.68. The van der Waals surface area contributed by atoms with E-state index >= 15 is 0 Å². The molecule has 1 saturated heterocycles. The Labute approximate surface area is 126 Å². The summed E-state index contributed by atoms with van der Waals surface area (Å²) in [5.74, 6) is 0. The van der Waals surface area contributed by atoms with Crippen LogP contribution in [0.3, 0.4) is 0 Å². The molecule has 5 nitrogen and oxygen atoms in total. The molecule has 1 heterocycles. The number of hydrogen-bond donors (Lipinski definition) is 2. The van der Waals surface area contributed by atoms with E-state index in [9.17, 15) is 13.5 Å². The van der Waals surface area contributed by atoms with E-state index in [1.165, 1.54) is 0 Å². The smallest absolute Gasteiger partial charge is 0.241 e. The highest BCUT2D eigenvalue weighted by atomic mass is 32.2. The van der Waals surface area contributed by atoms with E-state index in [2.05, 4.69) is 4.72 Å². The molecule has 0 aromatic heterocycles. The van der Waals surface area contributed by atoms with Gasteiger partial charge in [-0.1, -0.05) is 6.07 Å². The van der Waals surface area contributed by atoms with Crippen LogP contribution in [0.15, 0.2) is 11.0 Å². The second-order valence-electron chi connectivity index (χ2n) is 5.94. The largest absolute Gasteiger partial charge is 0.386 e. The summed E-state index contributed by atoms with van der Waals surface area (Å²) in [6.07, 6.45) is 0.445. The monoisotopic (exact) mass is 313 g/mol. The Bertz CT molecular complexity index is 620. The van der Waals surface area contributed by atoms with Crippen molar-refractivity contribution in [2.75, 3.05) is 19.8 Å². The summed E-state index contributed by atoms with van der Waals surface area (Å²) in [6, 6.07) is 1.99. The van der Waals surface area contributed by atoms with E-state index < -0.39 is 15.6 Å². The van der Waals surface area contributed by atoms with Gasteiger partial charge in [-0.2, -0.15) is 0 Å². The molecule has 0 aliphatic carbocycles. The van der Waals surface area contributed by atoms with E-state index in [1.807, 2.05) is 33.8 Å². The van der Waals surface area contributed by atoms with Gasteiger partial charge in [-0.15, -0.1) is 0 Å². The van der Waals surface area contributed by atoms with Crippen molar-refractivity contribution in [2.24, 2.45) is 0 Å². The maximum Gasteiger partial charge on any atom is 0.241 e. The highest BCUT2D eigenvalue weighted by Crippen LogP contribution is 2.26. The molecule has 2 N–H and O–H groups in total. The van der Waals surface area contributed by atoms with Crippen molar-refractivity contribution in [3.63, 3.8) is 0 Å².